The van der Waals surface area contributed by atoms with Gasteiger partial charge in [0, 0.05) is 19.2 Å². The molecule has 0 amide bonds. The molecule has 4 rings (SSSR count). The highest BCUT2D eigenvalue weighted by atomic mass is 16.7. The number of anilines is 3. The molecule has 0 aliphatic carbocycles. The SMILES string of the molecule is CN(Cc1ccccc1)Cc1cc(Nc2cccc3c2OCO3)nc(N)n1. The lowest BCUT2D eigenvalue weighted by Crippen LogP contribution is -2.18. The van der Waals surface area contributed by atoms with Gasteiger partial charge in [-0.15, -0.1) is 0 Å². The molecule has 3 N–H and O–H groups in total. The smallest absolute Gasteiger partial charge is 0.231 e. The average Bonchev–Trinajstić information content (AvgIpc) is 3.12. The number of fused-ring (bicyclic) bond motifs is 1. The topological polar surface area (TPSA) is 85.5 Å². The first-order valence-electron chi connectivity index (χ1n) is 8.69. The zero-order valence-corrected chi connectivity index (χ0v) is 15.1. The van der Waals surface area contributed by atoms with Crippen molar-refractivity contribution in [3.63, 3.8) is 0 Å². The summed E-state index contributed by atoms with van der Waals surface area (Å²) in [5.41, 5.74) is 8.79. The zero-order valence-electron chi connectivity index (χ0n) is 15.1. The number of aromatic nitrogens is 2. The first kappa shape index (κ1) is 17.1. The molecule has 1 aromatic heterocycles. The van der Waals surface area contributed by atoms with Gasteiger partial charge in [0.05, 0.1) is 11.4 Å². The van der Waals surface area contributed by atoms with Crippen molar-refractivity contribution < 1.29 is 9.47 Å². The van der Waals surface area contributed by atoms with Crippen LogP contribution in [0.1, 0.15) is 11.3 Å². The van der Waals surface area contributed by atoms with Gasteiger partial charge < -0.3 is 20.5 Å². The van der Waals surface area contributed by atoms with Crippen LogP contribution in [-0.4, -0.2) is 28.7 Å². The van der Waals surface area contributed by atoms with Crippen molar-refractivity contribution in [1.82, 2.24) is 14.9 Å². The first-order chi connectivity index (χ1) is 13.2. The Labute approximate surface area is 157 Å². The maximum absolute atomic E-state index is 5.92. The fourth-order valence-electron chi connectivity index (χ4n) is 3.06. The summed E-state index contributed by atoms with van der Waals surface area (Å²) in [4.78, 5) is 10.8. The van der Waals surface area contributed by atoms with E-state index in [1.54, 1.807) is 0 Å². The van der Waals surface area contributed by atoms with Gasteiger partial charge in [0.1, 0.15) is 5.82 Å². The van der Waals surface area contributed by atoms with Crippen molar-refractivity contribution in [1.29, 1.82) is 0 Å². The second kappa shape index (κ2) is 7.51. The van der Waals surface area contributed by atoms with Crippen LogP contribution in [0.3, 0.4) is 0 Å². The quantitative estimate of drug-likeness (QED) is 0.696. The highest BCUT2D eigenvalue weighted by Gasteiger charge is 2.18. The predicted octanol–water partition coefficient (Wildman–Crippen LogP) is 3.16. The molecule has 0 saturated heterocycles. The van der Waals surface area contributed by atoms with Crippen LogP contribution in [0.4, 0.5) is 17.5 Å². The van der Waals surface area contributed by atoms with Gasteiger partial charge in [-0.25, -0.2) is 4.98 Å². The number of hydrogen-bond acceptors (Lipinski definition) is 7. The van der Waals surface area contributed by atoms with Crippen molar-refractivity contribution in [2.45, 2.75) is 13.1 Å². The van der Waals surface area contributed by atoms with Crippen LogP contribution in [-0.2, 0) is 13.1 Å². The van der Waals surface area contributed by atoms with Crippen molar-refractivity contribution in [3.8, 4) is 11.5 Å². The van der Waals surface area contributed by atoms with E-state index in [2.05, 4.69) is 32.3 Å². The third-order valence-corrected chi connectivity index (χ3v) is 4.18. The van der Waals surface area contributed by atoms with Crippen LogP contribution < -0.4 is 20.5 Å². The molecular formula is C20H21N5O2. The Kier molecular flexibility index (Phi) is 4.76. The highest BCUT2D eigenvalue weighted by molar-refractivity contribution is 5.69. The minimum absolute atomic E-state index is 0.218. The molecule has 0 fully saturated rings. The minimum atomic E-state index is 0.218. The summed E-state index contributed by atoms with van der Waals surface area (Å²) in [5, 5.41) is 3.25. The summed E-state index contributed by atoms with van der Waals surface area (Å²) in [5.74, 6) is 2.24. The monoisotopic (exact) mass is 363 g/mol. The van der Waals surface area contributed by atoms with E-state index in [0.717, 1.165) is 17.9 Å². The van der Waals surface area contributed by atoms with Crippen LogP contribution in [0.2, 0.25) is 0 Å². The molecule has 0 spiro atoms. The molecule has 1 aliphatic heterocycles. The van der Waals surface area contributed by atoms with E-state index >= 15 is 0 Å². The molecule has 0 radical (unpaired) electrons. The van der Waals surface area contributed by atoms with Gasteiger partial charge in [0.2, 0.25) is 12.7 Å². The Morgan fingerprint density at radius 3 is 2.74 bits per heavy atom. The molecule has 0 atom stereocenters. The molecular weight excluding hydrogens is 342 g/mol. The highest BCUT2D eigenvalue weighted by Crippen LogP contribution is 2.39. The average molecular weight is 363 g/mol. The number of nitrogens with two attached hydrogens (primary N) is 1. The molecule has 1 aliphatic rings. The fraction of sp³-hybridized carbons (Fsp3) is 0.200. The van der Waals surface area contributed by atoms with Crippen LogP contribution in [0, 0.1) is 0 Å². The molecule has 138 valence electrons. The minimum Gasteiger partial charge on any atom is -0.454 e. The number of hydrogen-bond donors (Lipinski definition) is 2. The van der Waals surface area contributed by atoms with Crippen molar-refractivity contribution in [2.75, 3.05) is 24.9 Å². The van der Waals surface area contributed by atoms with Gasteiger partial charge in [-0.2, -0.15) is 4.98 Å². The van der Waals surface area contributed by atoms with E-state index in [1.165, 1.54) is 5.56 Å². The summed E-state index contributed by atoms with van der Waals surface area (Å²) in [6.07, 6.45) is 0. The normalized spacial score (nSPS) is 12.4. The van der Waals surface area contributed by atoms with E-state index in [4.69, 9.17) is 15.2 Å². The predicted molar refractivity (Wildman–Crippen MR) is 104 cm³/mol. The molecule has 0 saturated carbocycles. The second-order valence-corrected chi connectivity index (χ2v) is 6.42. The Bertz CT molecular complexity index is 933. The van der Waals surface area contributed by atoms with Gasteiger partial charge in [0.25, 0.3) is 0 Å². The maximum Gasteiger partial charge on any atom is 0.231 e. The Hall–Kier alpha value is -3.32. The molecule has 27 heavy (non-hydrogen) atoms. The number of para-hydroxylation sites is 1. The van der Waals surface area contributed by atoms with E-state index in [1.807, 2.05) is 49.5 Å². The van der Waals surface area contributed by atoms with Crippen LogP contribution in [0.15, 0.2) is 54.6 Å². The fourth-order valence-corrected chi connectivity index (χ4v) is 3.06. The van der Waals surface area contributed by atoms with E-state index in [-0.39, 0.29) is 12.7 Å². The zero-order chi connectivity index (χ0) is 18.6. The lowest BCUT2D eigenvalue weighted by molar-refractivity contribution is 0.174. The summed E-state index contributed by atoms with van der Waals surface area (Å²) < 4.78 is 10.9. The third kappa shape index (κ3) is 4.09. The van der Waals surface area contributed by atoms with E-state index < -0.39 is 0 Å². The van der Waals surface area contributed by atoms with Crippen molar-refractivity contribution in [3.05, 3.63) is 65.9 Å². The van der Waals surface area contributed by atoms with Crippen LogP contribution in [0.25, 0.3) is 0 Å². The Morgan fingerprint density at radius 1 is 1.04 bits per heavy atom. The van der Waals surface area contributed by atoms with Crippen molar-refractivity contribution in [2.24, 2.45) is 0 Å². The molecule has 3 aromatic rings. The number of benzene rings is 2. The van der Waals surface area contributed by atoms with Crippen LogP contribution in [0.5, 0.6) is 11.5 Å². The standard InChI is InChI=1S/C20H21N5O2/c1-25(11-14-6-3-2-4-7-14)12-15-10-18(24-20(21)22-15)23-16-8-5-9-17-19(16)27-13-26-17/h2-10H,11-13H2,1H3,(H3,21,22,23,24). The molecule has 0 bridgehead atoms. The van der Waals surface area contributed by atoms with E-state index in [9.17, 15) is 0 Å². The summed E-state index contributed by atoms with van der Waals surface area (Å²) in [6, 6.07) is 17.9. The molecule has 7 heteroatoms. The first-order valence-corrected chi connectivity index (χ1v) is 8.69. The Balaban J connectivity index is 1.49. The van der Waals surface area contributed by atoms with Gasteiger partial charge in [0.15, 0.2) is 11.5 Å². The number of ether oxygens (including phenoxy) is 2. The van der Waals surface area contributed by atoms with Gasteiger partial charge in [-0.05, 0) is 24.7 Å². The number of nitrogens with zero attached hydrogens (tertiary/aromatic N) is 3. The number of rotatable bonds is 6. The number of nitrogen functional groups attached to an aromatic ring is 1. The van der Waals surface area contributed by atoms with E-state index in [0.29, 0.717) is 23.9 Å². The molecule has 0 unspecified atom stereocenters. The maximum atomic E-state index is 5.92. The van der Waals surface area contributed by atoms with Gasteiger partial charge in [-0.3, -0.25) is 4.90 Å². The third-order valence-electron chi connectivity index (χ3n) is 4.18. The van der Waals surface area contributed by atoms with Crippen molar-refractivity contribution >= 4 is 17.5 Å². The lowest BCUT2D eigenvalue weighted by Gasteiger charge is -2.17. The summed E-state index contributed by atoms with van der Waals surface area (Å²) in [7, 11) is 2.05. The van der Waals surface area contributed by atoms with Gasteiger partial charge in [-0.1, -0.05) is 36.4 Å². The van der Waals surface area contributed by atoms with Crippen LogP contribution >= 0.6 is 0 Å². The Morgan fingerprint density at radius 2 is 1.89 bits per heavy atom. The summed E-state index contributed by atoms with van der Waals surface area (Å²) >= 11 is 0. The largest absolute Gasteiger partial charge is 0.454 e. The van der Waals surface area contributed by atoms with Gasteiger partial charge >= 0.3 is 0 Å². The lowest BCUT2D eigenvalue weighted by atomic mass is 10.2. The molecule has 2 heterocycles. The molecule has 7 nitrogen and oxygen atoms in total. The number of nitrogens with one attached hydrogen (secondary N) is 1. The molecule has 2 aromatic carbocycles. The second-order valence-electron chi connectivity index (χ2n) is 6.42. The summed E-state index contributed by atoms with van der Waals surface area (Å²) in [6.45, 7) is 1.70.